The molecule has 0 radical (unpaired) electrons. The van der Waals surface area contributed by atoms with E-state index in [4.69, 9.17) is 0 Å². The summed E-state index contributed by atoms with van der Waals surface area (Å²) in [4.78, 5) is 26.5. The normalized spacial score (nSPS) is 17.7. The lowest BCUT2D eigenvalue weighted by Crippen LogP contribution is -2.50. The van der Waals surface area contributed by atoms with E-state index in [0.717, 1.165) is 36.2 Å². The highest BCUT2D eigenvalue weighted by atomic mass is 16.4. The van der Waals surface area contributed by atoms with Gasteiger partial charge in [0.2, 0.25) is 5.91 Å². The highest BCUT2D eigenvalue weighted by molar-refractivity contribution is 5.89. The van der Waals surface area contributed by atoms with E-state index in [1.807, 2.05) is 61.5 Å². The third kappa shape index (κ3) is 4.23. The maximum Gasteiger partial charge on any atom is 0.326 e. The molecule has 0 bridgehead atoms. The Labute approximate surface area is 153 Å². The van der Waals surface area contributed by atoms with Crippen molar-refractivity contribution in [1.29, 1.82) is 0 Å². The van der Waals surface area contributed by atoms with Gasteiger partial charge in [-0.2, -0.15) is 0 Å². The number of carbonyl (C=O) groups is 2. The molecule has 1 aliphatic rings. The molecule has 5 nitrogen and oxygen atoms in total. The Kier molecular flexibility index (Phi) is 5.56. The topological polar surface area (TPSA) is 69.6 Å². The zero-order valence-corrected chi connectivity index (χ0v) is 14.9. The zero-order chi connectivity index (χ0) is 18.5. The van der Waals surface area contributed by atoms with Gasteiger partial charge in [-0.25, -0.2) is 4.79 Å². The fraction of sp³-hybridized carbons (Fsp3) is 0.333. The Balaban J connectivity index is 1.69. The Bertz CT molecular complexity index is 759. The number of aryl methyl sites for hydroxylation is 1. The minimum atomic E-state index is -1.01. The van der Waals surface area contributed by atoms with Crippen molar-refractivity contribution in [2.45, 2.75) is 38.3 Å². The molecule has 0 aromatic heterocycles. The molecule has 26 heavy (non-hydrogen) atoms. The molecule has 1 amide bonds. The molecule has 5 heteroatoms. The lowest BCUT2D eigenvalue weighted by Gasteiger charge is -2.27. The van der Waals surface area contributed by atoms with E-state index in [2.05, 4.69) is 10.2 Å². The van der Waals surface area contributed by atoms with Crippen molar-refractivity contribution < 1.29 is 14.7 Å². The second-order valence-electron chi connectivity index (χ2n) is 6.78. The number of benzene rings is 2. The molecule has 2 aromatic carbocycles. The summed E-state index contributed by atoms with van der Waals surface area (Å²) in [5.41, 5.74) is 3.01. The van der Waals surface area contributed by atoms with Crippen LogP contribution in [0.5, 0.6) is 0 Å². The van der Waals surface area contributed by atoms with E-state index in [1.54, 1.807) is 0 Å². The van der Waals surface area contributed by atoms with Gasteiger partial charge in [-0.05, 0) is 37.5 Å². The van der Waals surface area contributed by atoms with Crippen LogP contribution in [0, 0.1) is 6.92 Å². The fourth-order valence-electron chi connectivity index (χ4n) is 3.40. The number of hydrogen-bond donors (Lipinski definition) is 2. The second-order valence-corrected chi connectivity index (χ2v) is 6.78. The van der Waals surface area contributed by atoms with Crippen molar-refractivity contribution >= 4 is 17.6 Å². The molecule has 0 spiro atoms. The van der Waals surface area contributed by atoms with Gasteiger partial charge < -0.3 is 15.3 Å². The highest BCUT2D eigenvalue weighted by Gasteiger charge is 2.33. The first-order chi connectivity index (χ1) is 12.5. The number of rotatable bonds is 6. The summed E-state index contributed by atoms with van der Waals surface area (Å²) < 4.78 is 0. The maximum atomic E-state index is 12.8. The number of nitrogens with zero attached hydrogens (tertiary/aromatic N) is 1. The molecular formula is C21H24N2O3. The smallest absolute Gasteiger partial charge is 0.326 e. The molecule has 2 unspecified atom stereocenters. The van der Waals surface area contributed by atoms with Crippen molar-refractivity contribution in [3.05, 3.63) is 65.7 Å². The Morgan fingerprint density at radius 3 is 2.50 bits per heavy atom. The lowest BCUT2D eigenvalue weighted by atomic mass is 10.0. The van der Waals surface area contributed by atoms with E-state index >= 15 is 0 Å². The van der Waals surface area contributed by atoms with Crippen LogP contribution in [0.1, 0.15) is 24.0 Å². The van der Waals surface area contributed by atoms with Gasteiger partial charge in [-0.1, -0.05) is 48.0 Å². The van der Waals surface area contributed by atoms with Crippen molar-refractivity contribution in [2.75, 3.05) is 11.4 Å². The summed E-state index contributed by atoms with van der Waals surface area (Å²) in [5.74, 6) is -1.23. The molecule has 1 aliphatic heterocycles. The number of carboxylic acid groups (broad SMARTS) is 1. The number of nitrogens with one attached hydrogen (secondary N) is 1. The summed E-state index contributed by atoms with van der Waals surface area (Å²) in [6.07, 6.45) is 1.93. The van der Waals surface area contributed by atoms with Crippen LogP contribution in [0.25, 0.3) is 0 Å². The zero-order valence-electron chi connectivity index (χ0n) is 14.9. The molecule has 0 aliphatic carbocycles. The van der Waals surface area contributed by atoms with Crippen molar-refractivity contribution in [3.63, 3.8) is 0 Å². The van der Waals surface area contributed by atoms with Crippen LogP contribution in [-0.2, 0) is 16.0 Å². The van der Waals surface area contributed by atoms with Gasteiger partial charge in [0.05, 0.1) is 0 Å². The quantitative estimate of drug-likeness (QED) is 0.839. The van der Waals surface area contributed by atoms with E-state index < -0.39 is 12.0 Å². The number of anilines is 1. The van der Waals surface area contributed by atoms with E-state index in [0.29, 0.717) is 0 Å². The van der Waals surface area contributed by atoms with Crippen LogP contribution in [0.4, 0.5) is 5.69 Å². The minimum absolute atomic E-state index is 0.217. The minimum Gasteiger partial charge on any atom is -0.480 e. The molecule has 1 fully saturated rings. The monoisotopic (exact) mass is 352 g/mol. The van der Waals surface area contributed by atoms with Gasteiger partial charge >= 0.3 is 5.97 Å². The molecule has 2 N–H and O–H groups in total. The molecule has 2 atom stereocenters. The van der Waals surface area contributed by atoms with E-state index in [1.165, 1.54) is 0 Å². The standard InChI is InChI=1S/C21H24N2O3/c1-15-9-11-16(12-10-15)14-18(21(25)26)22-20(24)19-8-5-13-23(19)17-6-3-2-4-7-17/h2-4,6-7,9-12,18-19H,5,8,13-14H2,1H3,(H,22,24)(H,25,26). The van der Waals surface area contributed by atoms with Crippen molar-refractivity contribution in [3.8, 4) is 0 Å². The maximum absolute atomic E-state index is 12.8. The Hall–Kier alpha value is -2.82. The van der Waals surface area contributed by atoms with Gasteiger partial charge in [-0.3, -0.25) is 4.79 Å². The third-order valence-corrected chi connectivity index (χ3v) is 4.82. The summed E-state index contributed by atoms with van der Waals surface area (Å²) in [7, 11) is 0. The summed E-state index contributed by atoms with van der Waals surface area (Å²) in [6.45, 7) is 2.79. The van der Waals surface area contributed by atoms with Crippen LogP contribution in [0.3, 0.4) is 0 Å². The van der Waals surface area contributed by atoms with E-state index in [9.17, 15) is 14.7 Å². The van der Waals surface area contributed by atoms with E-state index in [-0.39, 0.29) is 18.4 Å². The van der Waals surface area contributed by atoms with Crippen molar-refractivity contribution in [1.82, 2.24) is 5.32 Å². The molecular weight excluding hydrogens is 328 g/mol. The van der Waals surface area contributed by atoms with Crippen LogP contribution in [0.2, 0.25) is 0 Å². The summed E-state index contributed by atoms with van der Waals surface area (Å²) in [6, 6.07) is 16.2. The molecule has 3 rings (SSSR count). The number of aliphatic carboxylic acids is 1. The first-order valence-electron chi connectivity index (χ1n) is 8.95. The number of hydrogen-bond acceptors (Lipinski definition) is 3. The molecule has 1 saturated heterocycles. The van der Waals surface area contributed by atoms with Gasteiger partial charge in [0.1, 0.15) is 12.1 Å². The average Bonchev–Trinajstić information content (AvgIpc) is 3.13. The van der Waals surface area contributed by atoms with Crippen LogP contribution < -0.4 is 10.2 Å². The number of para-hydroxylation sites is 1. The van der Waals surface area contributed by atoms with Gasteiger partial charge in [0.25, 0.3) is 0 Å². The number of carboxylic acids is 1. The highest BCUT2D eigenvalue weighted by Crippen LogP contribution is 2.25. The molecule has 136 valence electrons. The first-order valence-corrected chi connectivity index (χ1v) is 8.95. The molecule has 0 saturated carbocycles. The van der Waals surface area contributed by atoms with Gasteiger partial charge in [0.15, 0.2) is 0 Å². The number of amides is 1. The van der Waals surface area contributed by atoms with Crippen molar-refractivity contribution in [2.24, 2.45) is 0 Å². The second kappa shape index (κ2) is 8.04. The number of carbonyl (C=O) groups excluding carboxylic acids is 1. The van der Waals surface area contributed by atoms with Gasteiger partial charge in [0, 0.05) is 18.7 Å². The van der Waals surface area contributed by atoms with Crippen LogP contribution in [0.15, 0.2) is 54.6 Å². The average molecular weight is 352 g/mol. The first kappa shape index (κ1) is 18.0. The summed E-state index contributed by atoms with van der Waals surface area (Å²) >= 11 is 0. The Morgan fingerprint density at radius 2 is 1.85 bits per heavy atom. The predicted octanol–water partition coefficient (Wildman–Crippen LogP) is 2.78. The lowest BCUT2D eigenvalue weighted by molar-refractivity contribution is -0.141. The molecule has 1 heterocycles. The third-order valence-electron chi connectivity index (χ3n) is 4.82. The predicted molar refractivity (Wildman–Crippen MR) is 101 cm³/mol. The largest absolute Gasteiger partial charge is 0.480 e. The molecule has 2 aromatic rings. The SMILES string of the molecule is Cc1ccc(CC(NC(=O)C2CCCN2c2ccccc2)C(=O)O)cc1. The summed E-state index contributed by atoms with van der Waals surface area (Å²) in [5, 5.41) is 12.3. The Morgan fingerprint density at radius 1 is 1.15 bits per heavy atom. The fourth-order valence-corrected chi connectivity index (χ4v) is 3.40. The van der Waals surface area contributed by atoms with Crippen LogP contribution >= 0.6 is 0 Å². The van der Waals surface area contributed by atoms with Gasteiger partial charge in [-0.15, -0.1) is 0 Å². The van der Waals surface area contributed by atoms with Crippen LogP contribution in [-0.4, -0.2) is 35.6 Å².